The van der Waals surface area contributed by atoms with Gasteiger partial charge in [-0.25, -0.2) is 0 Å². The lowest BCUT2D eigenvalue weighted by Crippen LogP contribution is -1.95. The number of benzene rings is 14. The Hall–Kier alpha value is -8.84. The highest BCUT2D eigenvalue weighted by atomic mass is 14.3. The maximum atomic E-state index is 2.49. The highest BCUT2D eigenvalue weighted by Crippen LogP contribution is 2.50. The van der Waals surface area contributed by atoms with E-state index < -0.39 is 0 Å². The van der Waals surface area contributed by atoms with Crippen molar-refractivity contribution < 1.29 is 0 Å². The highest BCUT2D eigenvalue weighted by Gasteiger charge is 2.22. The van der Waals surface area contributed by atoms with Gasteiger partial charge < -0.3 is 0 Å². The first-order valence-corrected chi connectivity index (χ1v) is 23.7. The van der Waals surface area contributed by atoms with Crippen LogP contribution in [0.2, 0.25) is 0 Å². The standard InChI is InChI=1S/C68H42/c1-3-19-45-37-49(35-33-43(45)17-1)64-56-25-9-13-29-60(56)67(61-30-14-10-26-57(61)64)52-40-51(66-54-23-7-5-21-47(54)39-48-22-6-8-24-55(48)66)41-53(42-52)68-62-31-15-11-27-58(62)65(59-28-12-16-32-63(59)68)50-36-34-44-18-2-4-20-46(44)38-50/h1-42H. The van der Waals surface area contributed by atoms with Gasteiger partial charge in [0.1, 0.15) is 0 Å². The summed E-state index contributed by atoms with van der Waals surface area (Å²) in [4.78, 5) is 0. The minimum Gasteiger partial charge on any atom is -0.0616 e. The molecule has 0 aliphatic carbocycles. The monoisotopic (exact) mass is 858 g/mol. The Labute approximate surface area is 394 Å². The zero-order valence-corrected chi connectivity index (χ0v) is 37.2. The molecule has 14 rings (SSSR count). The second-order valence-corrected chi connectivity index (χ2v) is 18.3. The van der Waals surface area contributed by atoms with Crippen molar-refractivity contribution in [2.24, 2.45) is 0 Å². The van der Waals surface area contributed by atoms with Gasteiger partial charge in [0.05, 0.1) is 0 Å². The van der Waals surface area contributed by atoms with Crippen LogP contribution in [0.25, 0.3) is 142 Å². The molecule has 0 saturated heterocycles. The highest BCUT2D eigenvalue weighted by molar-refractivity contribution is 6.25. The van der Waals surface area contributed by atoms with E-state index in [2.05, 4.69) is 255 Å². The summed E-state index contributed by atoms with van der Waals surface area (Å²) in [5.74, 6) is 0. The zero-order chi connectivity index (χ0) is 44.7. The van der Waals surface area contributed by atoms with Gasteiger partial charge in [-0.2, -0.15) is 0 Å². The second kappa shape index (κ2) is 15.4. The van der Waals surface area contributed by atoms with E-state index in [1.165, 1.54) is 142 Å². The fourth-order valence-electron chi connectivity index (χ4n) is 11.6. The van der Waals surface area contributed by atoms with Crippen molar-refractivity contribution in [3.8, 4) is 55.6 Å². The van der Waals surface area contributed by atoms with E-state index >= 15 is 0 Å². The fraction of sp³-hybridized carbons (Fsp3) is 0. The molecule has 0 aromatic heterocycles. The molecule has 14 aromatic carbocycles. The van der Waals surface area contributed by atoms with Crippen LogP contribution < -0.4 is 0 Å². The van der Waals surface area contributed by atoms with Crippen LogP contribution in [0.1, 0.15) is 0 Å². The molecule has 0 N–H and O–H groups in total. The topological polar surface area (TPSA) is 0 Å². The Morgan fingerprint density at radius 1 is 0.132 bits per heavy atom. The van der Waals surface area contributed by atoms with E-state index in [0.29, 0.717) is 0 Å². The molecule has 0 nitrogen and oxygen atoms in total. The average Bonchev–Trinajstić information content (AvgIpc) is 3.40. The van der Waals surface area contributed by atoms with Gasteiger partial charge in [-0.3, -0.25) is 0 Å². The first-order chi connectivity index (χ1) is 33.7. The molecule has 0 fully saturated rings. The van der Waals surface area contributed by atoms with E-state index in [4.69, 9.17) is 0 Å². The van der Waals surface area contributed by atoms with Crippen LogP contribution >= 0.6 is 0 Å². The molecule has 0 aliphatic rings. The lowest BCUT2D eigenvalue weighted by atomic mass is 9.81. The maximum absolute atomic E-state index is 2.49. The van der Waals surface area contributed by atoms with Crippen LogP contribution in [-0.2, 0) is 0 Å². The van der Waals surface area contributed by atoms with E-state index in [-0.39, 0.29) is 0 Å². The molecule has 68 heavy (non-hydrogen) atoms. The van der Waals surface area contributed by atoms with Gasteiger partial charge in [0.25, 0.3) is 0 Å². The number of rotatable bonds is 5. The van der Waals surface area contributed by atoms with Crippen LogP contribution in [0.4, 0.5) is 0 Å². The van der Waals surface area contributed by atoms with Crippen LogP contribution in [0.5, 0.6) is 0 Å². The van der Waals surface area contributed by atoms with Gasteiger partial charge in [0.2, 0.25) is 0 Å². The third-order valence-corrected chi connectivity index (χ3v) is 14.5. The summed E-state index contributed by atoms with van der Waals surface area (Å²) in [5, 5.41) is 19.9. The Morgan fingerprint density at radius 3 is 0.691 bits per heavy atom. The van der Waals surface area contributed by atoms with Crippen molar-refractivity contribution in [2.75, 3.05) is 0 Å². The number of hydrogen-bond acceptors (Lipinski definition) is 0. The Morgan fingerprint density at radius 2 is 0.368 bits per heavy atom. The SMILES string of the molecule is c1ccc2cc(-c3c4ccccc4c(-c4cc(-c5c6ccccc6cc6ccccc56)cc(-c5c6ccccc6c(-c6ccc7ccccc7c6)c6ccccc56)c4)c4ccccc34)ccc2c1. The molecule has 0 radical (unpaired) electrons. The van der Waals surface area contributed by atoms with E-state index in [9.17, 15) is 0 Å². The Kier molecular flexibility index (Phi) is 8.69. The van der Waals surface area contributed by atoms with E-state index in [0.717, 1.165) is 0 Å². The molecule has 14 aromatic rings. The third kappa shape index (κ3) is 6.01. The predicted octanol–water partition coefficient (Wildman–Crippen LogP) is 19.2. The Bertz CT molecular complexity index is 3990. The number of hydrogen-bond donors (Lipinski definition) is 0. The first-order valence-electron chi connectivity index (χ1n) is 23.7. The lowest BCUT2D eigenvalue weighted by Gasteiger charge is -2.22. The number of fused-ring (bicyclic) bond motifs is 8. The molecule has 0 spiro atoms. The summed E-state index contributed by atoms with van der Waals surface area (Å²) in [6.45, 7) is 0. The minimum atomic E-state index is 1.19. The molecule has 0 bridgehead atoms. The molecule has 0 saturated carbocycles. The van der Waals surface area contributed by atoms with Gasteiger partial charge in [-0.15, -0.1) is 0 Å². The molecular formula is C68H42. The lowest BCUT2D eigenvalue weighted by molar-refractivity contribution is 1.63. The maximum Gasteiger partial charge on any atom is -0.00259 e. The van der Waals surface area contributed by atoms with Gasteiger partial charge in [0, 0.05) is 0 Å². The normalized spacial score (nSPS) is 11.8. The predicted molar refractivity (Wildman–Crippen MR) is 294 cm³/mol. The van der Waals surface area contributed by atoms with Crippen LogP contribution in [0.15, 0.2) is 255 Å². The fourth-order valence-corrected chi connectivity index (χ4v) is 11.6. The smallest absolute Gasteiger partial charge is 0.00259 e. The summed E-state index contributed by atoms with van der Waals surface area (Å²) in [6, 6.07) is 95.1. The van der Waals surface area contributed by atoms with Crippen molar-refractivity contribution in [3.63, 3.8) is 0 Å². The average molecular weight is 859 g/mol. The minimum absolute atomic E-state index is 1.19. The summed E-state index contributed by atoms with van der Waals surface area (Å²) >= 11 is 0. The largest absolute Gasteiger partial charge is 0.0616 e. The summed E-state index contributed by atoms with van der Waals surface area (Å²) in [7, 11) is 0. The van der Waals surface area contributed by atoms with Gasteiger partial charge in [-0.1, -0.05) is 218 Å². The summed E-state index contributed by atoms with van der Waals surface area (Å²) in [6.07, 6.45) is 0. The molecule has 0 amide bonds. The van der Waals surface area contributed by atoms with Crippen molar-refractivity contribution in [1.82, 2.24) is 0 Å². The van der Waals surface area contributed by atoms with Crippen molar-refractivity contribution >= 4 is 86.2 Å². The Balaban J connectivity index is 1.12. The molecule has 0 aliphatic heterocycles. The van der Waals surface area contributed by atoms with Crippen molar-refractivity contribution in [1.29, 1.82) is 0 Å². The molecule has 314 valence electrons. The van der Waals surface area contributed by atoms with E-state index in [1.807, 2.05) is 0 Å². The molecule has 0 heteroatoms. The first kappa shape index (κ1) is 38.4. The quantitative estimate of drug-likeness (QED) is 0.151. The zero-order valence-electron chi connectivity index (χ0n) is 37.2. The third-order valence-electron chi connectivity index (χ3n) is 14.5. The van der Waals surface area contributed by atoms with Crippen LogP contribution in [0, 0.1) is 0 Å². The van der Waals surface area contributed by atoms with Crippen LogP contribution in [-0.4, -0.2) is 0 Å². The van der Waals surface area contributed by atoms with E-state index in [1.54, 1.807) is 0 Å². The van der Waals surface area contributed by atoms with Gasteiger partial charge in [0.15, 0.2) is 0 Å². The molecule has 0 atom stereocenters. The summed E-state index contributed by atoms with van der Waals surface area (Å²) in [5.41, 5.74) is 12.3. The molecule has 0 unspecified atom stereocenters. The molecular weight excluding hydrogens is 817 g/mol. The van der Waals surface area contributed by atoms with Gasteiger partial charge in [-0.05, 0) is 178 Å². The van der Waals surface area contributed by atoms with Gasteiger partial charge >= 0.3 is 0 Å². The second-order valence-electron chi connectivity index (χ2n) is 18.3. The van der Waals surface area contributed by atoms with Crippen molar-refractivity contribution in [2.45, 2.75) is 0 Å². The summed E-state index contributed by atoms with van der Waals surface area (Å²) < 4.78 is 0. The van der Waals surface area contributed by atoms with Crippen molar-refractivity contribution in [3.05, 3.63) is 255 Å². The molecule has 0 heterocycles. The van der Waals surface area contributed by atoms with Crippen LogP contribution in [0.3, 0.4) is 0 Å².